The van der Waals surface area contributed by atoms with E-state index in [1.54, 1.807) is 0 Å². The van der Waals surface area contributed by atoms with Crippen LogP contribution in [0.1, 0.15) is 77.0 Å². The molecule has 2 aliphatic rings. The van der Waals surface area contributed by atoms with Gasteiger partial charge in [-0.15, -0.1) is 0 Å². The van der Waals surface area contributed by atoms with E-state index in [-0.39, 0.29) is 0 Å². The van der Waals surface area contributed by atoms with Gasteiger partial charge < -0.3 is 10.5 Å². The SMILES string of the molecule is CN(C1CCOCC1)C1CCCCCCCCCCC1N. The van der Waals surface area contributed by atoms with Gasteiger partial charge in [-0.2, -0.15) is 0 Å². The van der Waals surface area contributed by atoms with Crippen molar-refractivity contribution in [2.24, 2.45) is 5.73 Å². The molecule has 3 heteroatoms. The van der Waals surface area contributed by atoms with Crippen molar-refractivity contribution in [2.45, 2.75) is 95.2 Å². The maximum Gasteiger partial charge on any atom is 0.0480 e. The highest BCUT2D eigenvalue weighted by molar-refractivity contribution is 4.85. The number of nitrogens with zero attached hydrogens (tertiary/aromatic N) is 1. The largest absolute Gasteiger partial charge is 0.381 e. The molecule has 3 nitrogen and oxygen atoms in total. The summed E-state index contributed by atoms with van der Waals surface area (Å²) in [6.07, 6.45) is 16.0. The Labute approximate surface area is 131 Å². The Morgan fingerprint density at radius 1 is 0.762 bits per heavy atom. The molecule has 1 aliphatic heterocycles. The lowest BCUT2D eigenvalue weighted by atomic mass is 9.92. The fraction of sp³-hybridized carbons (Fsp3) is 1.00. The molecule has 1 saturated carbocycles. The highest BCUT2D eigenvalue weighted by Crippen LogP contribution is 2.23. The fourth-order valence-corrected chi connectivity index (χ4v) is 4.07. The zero-order valence-corrected chi connectivity index (χ0v) is 14.1. The van der Waals surface area contributed by atoms with Crippen LogP contribution in [0, 0.1) is 0 Å². The van der Waals surface area contributed by atoms with E-state index in [0.29, 0.717) is 18.1 Å². The Hall–Kier alpha value is -0.120. The highest BCUT2D eigenvalue weighted by Gasteiger charge is 2.28. The van der Waals surface area contributed by atoms with Crippen LogP contribution in [0.15, 0.2) is 0 Å². The molecule has 0 aromatic carbocycles. The van der Waals surface area contributed by atoms with Crippen LogP contribution in [0.3, 0.4) is 0 Å². The van der Waals surface area contributed by atoms with Gasteiger partial charge in [0.2, 0.25) is 0 Å². The Kier molecular flexibility index (Phi) is 8.05. The lowest BCUT2D eigenvalue weighted by Crippen LogP contribution is -2.51. The second kappa shape index (κ2) is 9.81. The van der Waals surface area contributed by atoms with E-state index in [0.717, 1.165) is 13.2 Å². The van der Waals surface area contributed by atoms with Crippen molar-refractivity contribution in [3.8, 4) is 0 Å². The van der Waals surface area contributed by atoms with Crippen LogP contribution in [0.25, 0.3) is 0 Å². The number of nitrogens with two attached hydrogens (primary N) is 1. The molecular weight excluding hydrogens is 260 g/mol. The molecule has 0 amide bonds. The quantitative estimate of drug-likeness (QED) is 0.844. The van der Waals surface area contributed by atoms with Gasteiger partial charge in [0, 0.05) is 31.3 Å². The summed E-state index contributed by atoms with van der Waals surface area (Å²) in [5, 5.41) is 0. The predicted molar refractivity (Wildman–Crippen MR) is 89.5 cm³/mol. The molecule has 2 unspecified atom stereocenters. The Bertz CT molecular complexity index is 266. The summed E-state index contributed by atoms with van der Waals surface area (Å²) in [7, 11) is 2.31. The van der Waals surface area contributed by atoms with Gasteiger partial charge in [-0.3, -0.25) is 4.90 Å². The van der Waals surface area contributed by atoms with Gasteiger partial charge in [-0.1, -0.05) is 51.4 Å². The molecule has 2 atom stereocenters. The molecular formula is C18H36N2O. The van der Waals surface area contributed by atoms with Crippen molar-refractivity contribution >= 4 is 0 Å². The van der Waals surface area contributed by atoms with Crippen LogP contribution in [0.4, 0.5) is 0 Å². The van der Waals surface area contributed by atoms with Crippen LogP contribution in [0.2, 0.25) is 0 Å². The zero-order valence-electron chi connectivity index (χ0n) is 14.1. The number of likely N-dealkylation sites (N-methyl/N-ethyl adjacent to an activating group) is 1. The Morgan fingerprint density at radius 3 is 1.90 bits per heavy atom. The van der Waals surface area contributed by atoms with E-state index in [2.05, 4.69) is 11.9 Å². The molecule has 124 valence electrons. The second-order valence-corrected chi connectivity index (χ2v) is 7.15. The number of hydrogen-bond donors (Lipinski definition) is 1. The zero-order chi connectivity index (χ0) is 14.9. The van der Waals surface area contributed by atoms with E-state index >= 15 is 0 Å². The lowest BCUT2D eigenvalue weighted by molar-refractivity contribution is 0.0211. The van der Waals surface area contributed by atoms with Crippen LogP contribution in [-0.2, 0) is 4.74 Å². The monoisotopic (exact) mass is 296 g/mol. The molecule has 0 spiro atoms. The minimum Gasteiger partial charge on any atom is -0.381 e. The molecule has 2 rings (SSSR count). The molecule has 0 radical (unpaired) electrons. The molecule has 1 heterocycles. The molecule has 1 aliphatic carbocycles. The van der Waals surface area contributed by atoms with Gasteiger partial charge in [-0.05, 0) is 32.7 Å². The smallest absolute Gasteiger partial charge is 0.0480 e. The average Bonchev–Trinajstić information content (AvgIpc) is 2.51. The summed E-state index contributed by atoms with van der Waals surface area (Å²) in [4.78, 5) is 2.61. The topological polar surface area (TPSA) is 38.5 Å². The number of ether oxygens (including phenoxy) is 1. The van der Waals surface area contributed by atoms with E-state index < -0.39 is 0 Å². The molecule has 2 fully saturated rings. The van der Waals surface area contributed by atoms with Crippen molar-refractivity contribution in [2.75, 3.05) is 20.3 Å². The third-order valence-corrected chi connectivity index (χ3v) is 5.57. The van der Waals surface area contributed by atoms with Gasteiger partial charge >= 0.3 is 0 Å². The van der Waals surface area contributed by atoms with E-state index in [4.69, 9.17) is 10.5 Å². The first-order chi connectivity index (χ1) is 10.3. The van der Waals surface area contributed by atoms with Gasteiger partial charge in [-0.25, -0.2) is 0 Å². The molecule has 0 bridgehead atoms. The van der Waals surface area contributed by atoms with E-state index in [1.807, 2.05) is 0 Å². The van der Waals surface area contributed by atoms with Crippen LogP contribution in [-0.4, -0.2) is 43.3 Å². The van der Waals surface area contributed by atoms with Crippen LogP contribution < -0.4 is 5.73 Å². The van der Waals surface area contributed by atoms with Gasteiger partial charge in [0.15, 0.2) is 0 Å². The molecule has 21 heavy (non-hydrogen) atoms. The van der Waals surface area contributed by atoms with Crippen molar-refractivity contribution in [3.63, 3.8) is 0 Å². The molecule has 1 saturated heterocycles. The van der Waals surface area contributed by atoms with Crippen LogP contribution in [0.5, 0.6) is 0 Å². The lowest BCUT2D eigenvalue weighted by Gasteiger charge is -2.40. The highest BCUT2D eigenvalue weighted by atomic mass is 16.5. The van der Waals surface area contributed by atoms with Crippen LogP contribution >= 0.6 is 0 Å². The predicted octanol–water partition coefficient (Wildman–Crippen LogP) is 3.71. The van der Waals surface area contributed by atoms with Gasteiger partial charge in [0.05, 0.1) is 0 Å². The van der Waals surface area contributed by atoms with E-state index in [1.165, 1.54) is 77.0 Å². The third kappa shape index (κ3) is 5.88. The summed E-state index contributed by atoms with van der Waals surface area (Å²) >= 11 is 0. The van der Waals surface area contributed by atoms with Gasteiger partial charge in [0.25, 0.3) is 0 Å². The summed E-state index contributed by atoms with van der Waals surface area (Å²) in [5.74, 6) is 0. The Balaban J connectivity index is 1.90. The van der Waals surface area contributed by atoms with Crippen molar-refractivity contribution in [1.82, 2.24) is 4.90 Å². The van der Waals surface area contributed by atoms with Crippen molar-refractivity contribution in [1.29, 1.82) is 0 Å². The summed E-state index contributed by atoms with van der Waals surface area (Å²) < 4.78 is 5.52. The first-order valence-corrected chi connectivity index (χ1v) is 9.34. The minimum atomic E-state index is 0.359. The van der Waals surface area contributed by atoms with Crippen molar-refractivity contribution < 1.29 is 4.74 Å². The first-order valence-electron chi connectivity index (χ1n) is 9.34. The minimum absolute atomic E-state index is 0.359. The molecule has 0 aromatic heterocycles. The molecule has 0 aromatic rings. The van der Waals surface area contributed by atoms with E-state index in [9.17, 15) is 0 Å². The van der Waals surface area contributed by atoms with Gasteiger partial charge in [0.1, 0.15) is 0 Å². The molecule has 2 N–H and O–H groups in total. The summed E-state index contributed by atoms with van der Waals surface area (Å²) in [6, 6.07) is 1.62. The standard InChI is InChI=1S/C18H36N2O/c1-20(16-12-14-21-15-13-16)18-11-9-7-5-3-2-4-6-8-10-17(18)19/h16-18H,2-15,19H2,1H3. The first kappa shape index (κ1) is 17.2. The number of hydrogen-bond acceptors (Lipinski definition) is 3. The number of rotatable bonds is 2. The average molecular weight is 296 g/mol. The fourth-order valence-electron chi connectivity index (χ4n) is 4.07. The third-order valence-electron chi connectivity index (χ3n) is 5.57. The second-order valence-electron chi connectivity index (χ2n) is 7.15. The van der Waals surface area contributed by atoms with Crippen molar-refractivity contribution in [3.05, 3.63) is 0 Å². The summed E-state index contributed by atoms with van der Waals surface area (Å²) in [5.41, 5.74) is 6.59. The maximum atomic E-state index is 6.59. The maximum absolute atomic E-state index is 6.59. The Morgan fingerprint density at radius 2 is 1.29 bits per heavy atom. The normalized spacial score (nSPS) is 31.6. The summed E-state index contributed by atoms with van der Waals surface area (Å²) in [6.45, 7) is 1.86.